The van der Waals surface area contributed by atoms with Gasteiger partial charge in [0.2, 0.25) is 0 Å². The predicted octanol–water partition coefficient (Wildman–Crippen LogP) is 6.15. The third-order valence-corrected chi connectivity index (χ3v) is 9.62. The molecule has 3 rings (SSSR count). The Hall–Kier alpha value is -0.633. The second-order valence-electron chi connectivity index (χ2n) is 9.33. The molecule has 2 aliphatic rings. The molecule has 0 aliphatic heterocycles. The lowest BCUT2D eigenvalue weighted by atomic mass is 9.69. The van der Waals surface area contributed by atoms with Crippen molar-refractivity contribution >= 4 is 14.7 Å². The van der Waals surface area contributed by atoms with Crippen LogP contribution in [-0.2, 0) is 0 Å². The largest absolute Gasteiger partial charge is 0.207 e. The Balaban J connectivity index is 1.36. The second kappa shape index (κ2) is 10.1. The van der Waals surface area contributed by atoms with Gasteiger partial charge in [-0.2, -0.15) is 0 Å². The minimum atomic E-state index is -0.289. The molecule has 0 N–H and O–H groups in total. The van der Waals surface area contributed by atoms with Gasteiger partial charge in [0, 0.05) is 0 Å². The van der Waals surface area contributed by atoms with Crippen LogP contribution in [0.5, 0.6) is 0 Å². The van der Waals surface area contributed by atoms with Crippen molar-refractivity contribution in [3.63, 3.8) is 0 Å². The molecule has 26 heavy (non-hydrogen) atoms. The maximum atomic E-state index is 13.7. The lowest BCUT2D eigenvalue weighted by Crippen LogP contribution is -2.27. The Morgan fingerprint density at radius 3 is 2.12 bits per heavy atom. The molecular weight excluding hydrogens is 335 g/mol. The van der Waals surface area contributed by atoms with Crippen LogP contribution in [0, 0.1) is 36.4 Å². The molecule has 0 spiro atoms. The molecule has 1 aromatic carbocycles. The van der Waals surface area contributed by atoms with Crippen molar-refractivity contribution < 1.29 is 4.39 Å². The topological polar surface area (TPSA) is 0 Å². The first-order chi connectivity index (χ1) is 12.7. The van der Waals surface area contributed by atoms with E-state index < -0.39 is 0 Å². The van der Waals surface area contributed by atoms with Gasteiger partial charge in [-0.1, -0.05) is 75.2 Å². The number of unbranched alkanes of at least 4 members (excludes halogenated alkanes) is 1. The molecule has 0 nitrogen and oxygen atoms in total. The Morgan fingerprint density at radius 1 is 0.923 bits per heavy atom. The first-order valence-corrected chi connectivity index (χ1v) is 13.1. The van der Waals surface area contributed by atoms with Crippen LogP contribution in [-0.4, -0.2) is 9.52 Å². The van der Waals surface area contributed by atoms with Gasteiger partial charge in [-0.3, -0.25) is 0 Å². The summed E-state index contributed by atoms with van der Waals surface area (Å²) in [7, 11) is -0.289. The summed E-state index contributed by atoms with van der Waals surface area (Å²) in [6.07, 6.45) is 16.2. The summed E-state index contributed by atoms with van der Waals surface area (Å²) >= 11 is 0. The molecule has 0 amide bonds. The van der Waals surface area contributed by atoms with E-state index in [4.69, 9.17) is 0 Å². The fourth-order valence-corrected chi connectivity index (χ4v) is 7.48. The minimum Gasteiger partial charge on any atom is -0.207 e. The second-order valence-corrected chi connectivity index (χ2v) is 11.2. The molecule has 2 saturated carbocycles. The van der Waals surface area contributed by atoms with Crippen molar-refractivity contribution in [2.45, 2.75) is 90.5 Å². The maximum absolute atomic E-state index is 13.7. The maximum Gasteiger partial charge on any atom is 0.125 e. The molecule has 1 aromatic rings. The number of benzene rings is 1. The van der Waals surface area contributed by atoms with Crippen LogP contribution >= 0.6 is 0 Å². The summed E-state index contributed by atoms with van der Waals surface area (Å²) in [4.78, 5) is 0. The fourth-order valence-electron chi connectivity index (χ4n) is 5.55. The van der Waals surface area contributed by atoms with E-state index in [-0.39, 0.29) is 15.3 Å². The van der Waals surface area contributed by atoms with Crippen LogP contribution in [0.3, 0.4) is 0 Å². The fraction of sp³-hybridized carbons (Fsp3) is 0.750. The van der Waals surface area contributed by atoms with Crippen LogP contribution in [0.15, 0.2) is 18.2 Å². The van der Waals surface area contributed by atoms with Gasteiger partial charge in [-0.15, -0.1) is 0 Å². The summed E-state index contributed by atoms with van der Waals surface area (Å²) in [5.41, 5.74) is 0.785. The highest BCUT2D eigenvalue weighted by molar-refractivity contribution is 6.53. The number of hydrogen-bond donors (Lipinski definition) is 0. The van der Waals surface area contributed by atoms with Gasteiger partial charge in [-0.05, 0) is 67.9 Å². The third kappa shape index (κ3) is 5.68. The summed E-state index contributed by atoms with van der Waals surface area (Å²) in [6, 6.07) is 7.34. The zero-order chi connectivity index (χ0) is 18.4. The smallest absolute Gasteiger partial charge is 0.125 e. The average Bonchev–Trinajstić information content (AvgIpc) is 2.68. The van der Waals surface area contributed by atoms with E-state index in [2.05, 4.69) is 13.0 Å². The van der Waals surface area contributed by atoms with Crippen LogP contribution in [0.4, 0.5) is 4.39 Å². The highest BCUT2D eigenvalue weighted by Crippen LogP contribution is 2.42. The number of hydrogen-bond acceptors (Lipinski definition) is 0. The molecule has 0 aromatic heterocycles. The SMILES string of the molecule is CCCCC1CCC(C2CCC(C[SiH2]c3ccc(C)c(F)c3)CC2)CC1. The van der Waals surface area contributed by atoms with Crippen molar-refractivity contribution in [1.82, 2.24) is 0 Å². The van der Waals surface area contributed by atoms with Crippen LogP contribution < -0.4 is 5.19 Å². The van der Waals surface area contributed by atoms with Crippen LogP contribution in [0.1, 0.15) is 83.1 Å². The highest BCUT2D eigenvalue weighted by Gasteiger charge is 2.30. The quantitative estimate of drug-likeness (QED) is 0.502. The Kier molecular flexibility index (Phi) is 7.78. The van der Waals surface area contributed by atoms with Gasteiger partial charge in [0.1, 0.15) is 5.82 Å². The van der Waals surface area contributed by atoms with Gasteiger partial charge in [0.05, 0.1) is 9.52 Å². The van der Waals surface area contributed by atoms with Crippen LogP contribution in [0.2, 0.25) is 6.04 Å². The van der Waals surface area contributed by atoms with Gasteiger partial charge in [-0.25, -0.2) is 4.39 Å². The molecule has 0 saturated heterocycles. The zero-order valence-corrected chi connectivity index (χ0v) is 18.5. The zero-order valence-electron chi connectivity index (χ0n) is 17.1. The van der Waals surface area contributed by atoms with Crippen molar-refractivity contribution in [3.8, 4) is 0 Å². The molecule has 2 heteroatoms. The molecule has 146 valence electrons. The van der Waals surface area contributed by atoms with E-state index in [1.165, 1.54) is 81.9 Å². The van der Waals surface area contributed by atoms with Crippen molar-refractivity contribution in [1.29, 1.82) is 0 Å². The van der Waals surface area contributed by atoms with E-state index in [1.54, 1.807) is 0 Å². The summed E-state index contributed by atoms with van der Waals surface area (Å²) in [6.45, 7) is 4.18. The van der Waals surface area contributed by atoms with Gasteiger partial charge in [0.25, 0.3) is 0 Å². The van der Waals surface area contributed by atoms with Crippen molar-refractivity contribution in [3.05, 3.63) is 29.6 Å². The summed E-state index contributed by atoms with van der Waals surface area (Å²) in [5, 5.41) is 1.32. The molecule has 2 aliphatic carbocycles. The van der Waals surface area contributed by atoms with E-state index in [1.807, 2.05) is 19.1 Å². The Morgan fingerprint density at radius 2 is 1.54 bits per heavy atom. The standard InChI is InChI=1S/C24H39FSi/c1-3-4-5-19-7-11-21(12-8-19)22-13-9-20(10-14-22)17-26-23-15-6-18(2)24(25)16-23/h6,15-16,19-22H,3-5,7-14,17,26H2,1-2H3. The minimum absolute atomic E-state index is 0.00625. The monoisotopic (exact) mass is 374 g/mol. The lowest BCUT2D eigenvalue weighted by Gasteiger charge is -2.38. The van der Waals surface area contributed by atoms with Gasteiger partial charge >= 0.3 is 0 Å². The van der Waals surface area contributed by atoms with Gasteiger partial charge in [0.15, 0.2) is 0 Å². The summed E-state index contributed by atoms with van der Waals surface area (Å²) in [5.74, 6) is 4.04. The summed E-state index contributed by atoms with van der Waals surface area (Å²) < 4.78 is 13.7. The van der Waals surface area contributed by atoms with Crippen molar-refractivity contribution in [2.75, 3.05) is 0 Å². The molecule has 0 atom stereocenters. The molecule has 0 heterocycles. The first kappa shape index (κ1) is 20.1. The highest BCUT2D eigenvalue weighted by atomic mass is 28.2. The van der Waals surface area contributed by atoms with Crippen LogP contribution in [0.25, 0.3) is 0 Å². The third-order valence-electron chi connectivity index (χ3n) is 7.49. The van der Waals surface area contributed by atoms with Crippen molar-refractivity contribution in [2.24, 2.45) is 23.7 Å². The molecular formula is C24H39FSi. The Labute approximate surface area is 163 Å². The van der Waals surface area contributed by atoms with E-state index >= 15 is 0 Å². The predicted molar refractivity (Wildman–Crippen MR) is 115 cm³/mol. The van der Waals surface area contributed by atoms with E-state index in [9.17, 15) is 4.39 Å². The number of aryl methyl sites for hydroxylation is 1. The number of rotatable bonds is 7. The van der Waals surface area contributed by atoms with Gasteiger partial charge < -0.3 is 0 Å². The molecule has 0 bridgehead atoms. The normalized spacial score (nSPS) is 30.1. The lowest BCUT2D eigenvalue weighted by molar-refractivity contribution is 0.147. The molecule has 2 fully saturated rings. The number of halogens is 1. The average molecular weight is 375 g/mol. The Bertz CT molecular complexity index is 539. The molecule has 0 unspecified atom stereocenters. The molecule has 0 radical (unpaired) electrons. The van der Waals surface area contributed by atoms with E-state index in [0.29, 0.717) is 0 Å². The first-order valence-electron chi connectivity index (χ1n) is 11.4. The van der Waals surface area contributed by atoms with E-state index in [0.717, 1.165) is 29.2 Å².